The summed E-state index contributed by atoms with van der Waals surface area (Å²) >= 11 is 2.98. The lowest BCUT2D eigenvalue weighted by molar-refractivity contribution is -0.138. The third-order valence-electron chi connectivity index (χ3n) is 3.87. The SMILES string of the molecule is CCC1(C)CN(c2ccc(Br)c(C(F)(F)F)c2)CCN1. The Morgan fingerprint density at radius 3 is 2.70 bits per heavy atom. The second kappa shape index (κ2) is 5.56. The van der Waals surface area contributed by atoms with Crippen molar-refractivity contribution in [2.75, 3.05) is 24.5 Å². The third-order valence-corrected chi connectivity index (χ3v) is 4.57. The number of nitrogens with zero attached hydrogens (tertiary/aromatic N) is 1. The van der Waals surface area contributed by atoms with Gasteiger partial charge in [0, 0.05) is 35.3 Å². The van der Waals surface area contributed by atoms with E-state index < -0.39 is 11.7 Å². The Labute approximate surface area is 125 Å². The van der Waals surface area contributed by atoms with Gasteiger partial charge in [-0.05, 0) is 31.5 Å². The maximum absolute atomic E-state index is 13.0. The molecule has 1 aromatic rings. The van der Waals surface area contributed by atoms with Crippen LogP contribution in [-0.2, 0) is 6.18 Å². The van der Waals surface area contributed by atoms with Crippen LogP contribution in [0.3, 0.4) is 0 Å². The van der Waals surface area contributed by atoms with Crippen molar-refractivity contribution in [3.8, 4) is 0 Å². The zero-order chi connectivity index (χ0) is 15.0. The fourth-order valence-corrected chi connectivity index (χ4v) is 2.90. The topological polar surface area (TPSA) is 15.3 Å². The number of piperazine rings is 1. The number of anilines is 1. The van der Waals surface area contributed by atoms with Crippen LogP contribution in [0.4, 0.5) is 18.9 Å². The highest BCUT2D eigenvalue weighted by molar-refractivity contribution is 9.10. The van der Waals surface area contributed by atoms with Gasteiger partial charge in [-0.25, -0.2) is 0 Å². The molecule has 1 aliphatic rings. The lowest BCUT2D eigenvalue weighted by Gasteiger charge is -2.42. The molecular weight excluding hydrogens is 333 g/mol. The Bertz CT molecular complexity index is 490. The molecule has 1 heterocycles. The van der Waals surface area contributed by atoms with E-state index in [1.54, 1.807) is 6.07 Å². The van der Waals surface area contributed by atoms with Crippen LogP contribution in [0.2, 0.25) is 0 Å². The molecule has 2 rings (SSSR count). The van der Waals surface area contributed by atoms with E-state index in [-0.39, 0.29) is 10.0 Å². The minimum absolute atomic E-state index is 0.0519. The first-order valence-electron chi connectivity index (χ1n) is 6.62. The van der Waals surface area contributed by atoms with Crippen molar-refractivity contribution < 1.29 is 13.2 Å². The van der Waals surface area contributed by atoms with Crippen LogP contribution in [0, 0.1) is 0 Å². The van der Waals surface area contributed by atoms with Crippen molar-refractivity contribution in [2.45, 2.75) is 32.0 Å². The van der Waals surface area contributed by atoms with Gasteiger partial charge in [-0.2, -0.15) is 13.2 Å². The fraction of sp³-hybridized carbons (Fsp3) is 0.571. The van der Waals surface area contributed by atoms with Crippen LogP contribution in [0.1, 0.15) is 25.8 Å². The first-order chi connectivity index (χ1) is 9.25. The zero-order valence-electron chi connectivity index (χ0n) is 11.5. The average molecular weight is 351 g/mol. The number of alkyl halides is 3. The second-order valence-electron chi connectivity index (χ2n) is 5.42. The standard InChI is InChI=1S/C14H18BrF3N2/c1-3-13(2)9-20(7-6-19-13)10-4-5-12(15)11(8-10)14(16,17)18/h4-5,8,19H,3,6-7,9H2,1-2H3. The van der Waals surface area contributed by atoms with Gasteiger partial charge in [0.05, 0.1) is 5.56 Å². The normalized spacial score (nSPS) is 24.0. The fourth-order valence-electron chi connectivity index (χ4n) is 2.43. The van der Waals surface area contributed by atoms with Crippen molar-refractivity contribution >= 4 is 21.6 Å². The van der Waals surface area contributed by atoms with Gasteiger partial charge < -0.3 is 10.2 Å². The van der Waals surface area contributed by atoms with Gasteiger partial charge in [0.1, 0.15) is 0 Å². The second-order valence-corrected chi connectivity index (χ2v) is 6.28. The summed E-state index contributed by atoms with van der Waals surface area (Å²) in [4.78, 5) is 2.02. The van der Waals surface area contributed by atoms with Gasteiger partial charge in [0.15, 0.2) is 0 Å². The summed E-state index contributed by atoms with van der Waals surface area (Å²) in [7, 11) is 0. The first kappa shape index (κ1) is 15.6. The molecule has 112 valence electrons. The lowest BCUT2D eigenvalue weighted by Crippen LogP contribution is -2.58. The predicted octanol–water partition coefficient (Wildman–Crippen LogP) is 4.05. The highest BCUT2D eigenvalue weighted by atomic mass is 79.9. The van der Waals surface area contributed by atoms with Gasteiger partial charge in [0.25, 0.3) is 0 Å². The van der Waals surface area contributed by atoms with Crippen LogP contribution in [-0.4, -0.2) is 25.2 Å². The van der Waals surface area contributed by atoms with E-state index in [2.05, 4.69) is 35.1 Å². The Balaban J connectivity index is 2.29. The number of hydrogen-bond acceptors (Lipinski definition) is 2. The lowest BCUT2D eigenvalue weighted by atomic mass is 9.95. The molecule has 2 nitrogen and oxygen atoms in total. The van der Waals surface area contributed by atoms with E-state index in [1.165, 1.54) is 12.1 Å². The molecule has 0 aliphatic carbocycles. The van der Waals surface area contributed by atoms with E-state index >= 15 is 0 Å². The van der Waals surface area contributed by atoms with E-state index in [9.17, 15) is 13.2 Å². The molecule has 0 bridgehead atoms. The summed E-state index contributed by atoms with van der Waals surface area (Å²) in [5.74, 6) is 0. The van der Waals surface area contributed by atoms with Gasteiger partial charge in [-0.1, -0.05) is 22.9 Å². The summed E-state index contributed by atoms with van der Waals surface area (Å²) in [5.41, 5.74) is -0.0441. The number of halogens is 4. The smallest absolute Gasteiger partial charge is 0.368 e. The molecule has 1 aromatic carbocycles. The highest BCUT2D eigenvalue weighted by Gasteiger charge is 2.34. The summed E-state index contributed by atoms with van der Waals surface area (Å²) in [6, 6.07) is 4.44. The Hall–Kier alpha value is -0.750. The molecule has 20 heavy (non-hydrogen) atoms. The molecule has 6 heteroatoms. The molecule has 1 N–H and O–H groups in total. The maximum atomic E-state index is 13.0. The maximum Gasteiger partial charge on any atom is 0.417 e. The van der Waals surface area contributed by atoms with Gasteiger partial charge in [-0.15, -0.1) is 0 Å². The molecular formula is C14H18BrF3N2. The zero-order valence-corrected chi connectivity index (χ0v) is 13.1. The van der Waals surface area contributed by atoms with Crippen LogP contribution in [0.5, 0.6) is 0 Å². The molecule has 0 saturated carbocycles. The van der Waals surface area contributed by atoms with Gasteiger partial charge in [-0.3, -0.25) is 0 Å². The number of benzene rings is 1. The molecule has 0 radical (unpaired) electrons. The molecule has 0 aromatic heterocycles. The average Bonchev–Trinajstić information content (AvgIpc) is 2.38. The molecule has 0 amide bonds. The van der Waals surface area contributed by atoms with E-state index in [4.69, 9.17) is 0 Å². The number of rotatable bonds is 2. The van der Waals surface area contributed by atoms with Crippen molar-refractivity contribution in [1.82, 2.24) is 5.32 Å². The first-order valence-corrected chi connectivity index (χ1v) is 7.41. The Kier molecular flexibility index (Phi) is 4.35. The number of nitrogens with one attached hydrogen (secondary N) is 1. The minimum Gasteiger partial charge on any atom is -0.368 e. The van der Waals surface area contributed by atoms with Crippen molar-refractivity contribution in [1.29, 1.82) is 0 Å². The van der Waals surface area contributed by atoms with Gasteiger partial charge >= 0.3 is 6.18 Å². The summed E-state index contributed by atoms with van der Waals surface area (Å²) in [5, 5.41) is 3.43. The highest BCUT2D eigenvalue weighted by Crippen LogP contribution is 2.37. The molecule has 1 aliphatic heterocycles. The summed E-state index contributed by atoms with van der Waals surface area (Å²) in [6.45, 7) is 6.39. The summed E-state index contributed by atoms with van der Waals surface area (Å²) < 4.78 is 38.9. The van der Waals surface area contributed by atoms with Crippen LogP contribution < -0.4 is 10.2 Å². The van der Waals surface area contributed by atoms with Crippen molar-refractivity contribution in [2.24, 2.45) is 0 Å². The summed E-state index contributed by atoms with van der Waals surface area (Å²) in [6.07, 6.45) is -3.40. The van der Waals surface area contributed by atoms with Crippen LogP contribution in [0.25, 0.3) is 0 Å². The third kappa shape index (κ3) is 3.28. The molecule has 0 spiro atoms. The van der Waals surface area contributed by atoms with E-state index in [0.29, 0.717) is 18.8 Å². The van der Waals surface area contributed by atoms with Gasteiger partial charge in [0.2, 0.25) is 0 Å². The van der Waals surface area contributed by atoms with E-state index in [1.807, 2.05) is 4.90 Å². The number of hydrogen-bond donors (Lipinski definition) is 1. The van der Waals surface area contributed by atoms with Crippen molar-refractivity contribution in [3.63, 3.8) is 0 Å². The monoisotopic (exact) mass is 350 g/mol. The molecule has 1 atom stereocenters. The van der Waals surface area contributed by atoms with Crippen LogP contribution >= 0.6 is 15.9 Å². The predicted molar refractivity (Wildman–Crippen MR) is 78.1 cm³/mol. The molecule has 1 saturated heterocycles. The Morgan fingerprint density at radius 1 is 1.40 bits per heavy atom. The van der Waals surface area contributed by atoms with Crippen molar-refractivity contribution in [3.05, 3.63) is 28.2 Å². The molecule has 1 fully saturated rings. The minimum atomic E-state index is -4.34. The van der Waals surface area contributed by atoms with E-state index in [0.717, 1.165) is 13.0 Å². The largest absolute Gasteiger partial charge is 0.417 e. The Morgan fingerprint density at radius 2 is 2.10 bits per heavy atom. The van der Waals surface area contributed by atoms with Crippen LogP contribution in [0.15, 0.2) is 22.7 Å². The molecule has 1 unspecified atom stereocenters. The quantitative estimate of drug-likeness (QED) is 0.865.